The Morgan fingerprint density at radius 1 is 1.03 bits per heavy atom. The molecule has 1 fully saturated rings. The van der Waals surface area contributed by atoms with Crippen LogP contribution in [-0.4, -0.2) is 60.5 Å². The Balaban J connectivity index is 2.28. The van der Waals surface area contributed by atoms with Gasteiger partial charge in [-0.1, -0.05) is 51.7 Å². The third-order valence-corrected chi connectivity index (χ3v) is 6.69. The number of amides is 3. The second kappa shape index (κ2) is 12.8. The van der Waals surface area contributed by atoms with Gasteiger partial charge in [0.2, 0.25) is 17.7 Å². The minimum Gasteiger partial charge on any atom is -0.396 e. The molecular formula is C24H41N3O4. The second-order valence-corrected chi connectivity index (χ2v) is 8.84. The fraction of sp³-hybridized carbons (Fsp3) is 0.792. The van der Waals surface area contributed by atoms with Crippen molar-refractivity contribution in [2.24, 2.45) is 23.7 Å². The lowest BCUT2D eigenvalue weighted by atomic mass is 9.68. The second-order valence-electron chi connectivity index (χ2n) is 8.84. The van der Waals surface area contributed by atoms with Crippen molar-refractivity contribution in [2.45, 2.75) is 71.3 Å². The average molecular weight is 436 g/mol. The smallest absolute Gasteiger partial charge is 0.243 e. The maximum absolute atomic E-state index is 13.6. The molecule has 0 aromatic carbocycles. The van der Waals surface area contributed by atoms with Gasteiger partial charge in [-0.2, -0.15) is 0 Å². The number of aliphatic hydroxyl groups is 1. The summed E-state index contributed by atoms with van der Waals surface area (Å²) in [5.41, 5.74) is 0. The molecule has 1 saturated heterocycles. The van der Waals surface area contributed by atoms with Gasteiger partial charge in [0.15, 0.2) is 0 Å². The van der Waals surface area contributed by atoms with Crippen molar-refractivity contribution in [3.8, 4) is 0 Å². The van der Waals surface area contributed by atoms with Crippen LogP contribution in [0.25, 0.3) is 0 Å². The molecule has 1 aliphatic carbocycles. The molecule has 0 unspecified atom stereocenters. The number of nitrogens with zero attached hydrogens (tertiary/aromatic N) is 1. The van der Waals surface area contributed by atoms with Crippen LogP contribution >= 0.6 is 0 Å². The summed E-state index contributed by atoms with van der Waals surface area (Å²) < 4.78 is 0. The van der Waals surface area contributed by atoms with Gasteiger partial charge in [0.05, 0.1) is 11.8 Å². The van der Waals surface area contributed by atoms with E-state index in [1.165, 1.54) is 0 Å². The molecule has 7 nitrogen and oxygen atoms in total. The highest BCUT2D eigenvalue weighted by atomic mass is 16.3. The van der Waals surface area contributed by atoms with Crippen LogP contribution < -0.4 is 10.6 Å². The first kappa shape index (κ1) is 25.4. The lowest BCUT2D eigenvalue weighted by molar-refractivity contribution is -0.140. The lowest BCUT2D eigenvalue weighted by Crippen LogP contribution is -2.48. The molecule has 0 radical (unpaired) electrons. The van der Waals surface area contributed by atoms with E-state index in [4.69, 9.17) is 5.11 Å². The van der Waals surface area contributed by atoms with Crippen LogP contribution in [0.4, 0.5) is 0 Å². The number of aliphatic hydroxyl groups excluding tert-OH is 1. The number of fused-ring (bicyclic) bond motifs is 1. The summed E-state index contributed by atoms with van der Waals surface area (Å²) in [7, 11) is 1.62. The SMILES string of the molecule is CCCCNC(=O)[C@@H]1[C@H]2C=C[C@@H](CCC)[C@@H](C(=O)NC)[C@@H]2C(=O)N1CCCCCCO. The number of rotatable bonds is 13. The summed E-state index contributed by atoms with van der Waals surface area (Å²) >= 11 is 0. The molecule has 3 amide bonds. The molecule has 0 aromatic heterocycles. The third-order valence-electron chi connectivity index (χ3n) is 6.69. The molecule has 2 aliphatic rings. The largest absolute Gasteiger partial charge is 0.396 e. The zero-order valence-electron chi connectivity index (χ0n) is 19.4. The van der Waals surface area contributed by atoms with Crippen LogP contribution in [0.2, 0.25) is 0 Å². The molecule has 5 atom stereocenters. The normalized spacial score (nSPS) is 27.3. The Kier molecular flexibility index (Phi) is 10.5. The van der Waals surface area contributed by atoms with Crippen molar-refractivity contribution in [3.05, 3.63) is 12.2 Å². The molecule has 7 heteroatoms. The maximum atomic E-state index is 13.6. The molecule has 1 aliphatic heterocycles. The van der Waals surface area contributed by atoms with Gasteiger partial charge in [-0.25, -0.2) is 0 Å². The zero-order valence-corrected chi connectivity index (χ0v) is 19.4. The number of hydrogen-bond acceptors (Lipinski definition) is 4. The highest BCUT2D eigenvalue weighted by molar-refractivity contribution is 5.96. The molecule has 2 rings (SSSR count). The van der Waals surface area contributed by atoms with E-state index in [1.54, 1.807) is 11.9 Å². The molecular weight excluding hydrogens is 394 g/mol. The zero-order chi connectivity index (χ0) is 22.8. The minimum absolute atomic E-state index is 0.0171. The highest BCUT2D eigenvalue weighted by Gasteiger charge is 2.56. The highest BCUT2D eigenvalue weighted by Crippen LogP contribution is 2.45. The van der Waals surface area contributed by atoms with Gasteiger partial charge in [0.25, 0.3) is 0 Å². The monoisotopic (exact) mass is 435 g/mol. The van der Waals surface area contributed by atoms with Crippen molar-refractivity contribution in [3.63, 3.8) is 0 Å². The molecule has 0 bridgehead atoms. The summed E-state index contributed by atoms with van der Waals surface area (Å²) in [6.07, 6.45) is 11.1. The minimum atomic E-state index is -0.557. The Hall–Kier alpha value is -1.89. The van der Waals surface area contributed by atoms with Crippen molar-refractivity contribution >= 4 is 17.7 Å². The van der Waals surface area contributed by atoms with Gasteiger partial charge in [0, 0.05) is 32.7 Å². The quantitative estimate of drug-likeness (QED) is 0.305. The molecule has 31 heavy (non-hydrogen) atoms. The molecule has 0 saturated carbocycles. The molecule has 176 valence electrons. The van der Waals surface area contributed by atoms with Gasteiger partial charge >= 0.3 is 0 Å². The first-order valence-corrected chi connectivity index (χ1v) is 12.1. The number of allylic oxidation sites excluding steroid dienone is 1. The van der Waals surface area contributed by atoms with Crippen molar-refractivity contribution in [2.75, 3.05) is 26.7 Å². The number of nitrogens with one attached hydrogen (secondary N) is 2. The van der Waals surface area contributed by atoms with E-state index in [0.717, 1.165) is 51.4 Å². The summed E-state index contributed by atoms with van der Waals surface area (Å²) in [6.45, 7) is 5.44. The van der Waals surface area contributed by atoms with Gasteiger partial charge in [0.1, 0.15) is 6.04 Å². The molecule has 1 heterocycles. The molecule has 3 N–H and O–H groups in total. The van der Waals surface area contributed by atoms with Crippen LogP contribution in [0, 0.1) is 23.7 Å². The van der Waals surface area contributed by atoms with Crippen molar-refractivity contribution in [1.29, 1.82) is 0 Å². The number of hydrogen-bond donors (Lipinski definition) is 3. The van der Waals surface area contributed by atoms with Crippen LogP contribution in [0.1, 0.15) is 65.2 Å². The Bertz CT molecular complexity index is 636. The van der Waals surface area contributed by atoms with Crippen LogP contribution in [0.5, 0.6) is 0 Å². The summed E-state index contributed by atoms with van der Waals surface area (Å²) in [5.74, 6) is -1.47. The Labute approximate surface area is 187 Å². The maximum Gasteiger partial charge on any atom is 0.243 e. The van der Waals surface area contributed by atoms with Gasteiger partial charge in [-0.05, 0) is 31.6 Å². The first-order valence-electron chi connectivity index (χ1n) is 12.1. The predicted octanol–water partition coefficient (Wildman–Crippen LogP) is 2.25. The Morgan fingerprint density at radius 3 is 2.42 bits per heavy atom. The number of carbonyl (C=O) groups is 3. The predicted molar refractivity (Wildman–Crippen MR) is 121 cm³/mol. The molecule has 0 spiro atoms. The summed E-state index contributed by atoms with van der Waals surface area (Å²) in [4.78, 5) is 41.3. The summed E-state index contributed by atoms with van der Waals surface area (Å²) in [6, 6.07) is -0.557. The fourth-order valence-electron chi connectivity index (χ4n) is 5.11. The first-order chi connectivity index (χ1) is 15.0. The standard InChI is InChI=1S/C24H41N3O4/c1-4-6-14-26-23(30)21-18-13-12-17(11-5-2)19(22(29)25-3)20(18)24(31)27(21)15-9-7-8-10-16-28/h12-13,17-21,28H,4-11,14-16H2,1-3H3,(H,25,29)(H,26,30)/t17-,18+,19-,20-,21+/m1/s1. The van der Waals surface area contributed by atoms with E-state index in [9.17, 15) is 14.4 Å². The van der Waals surface area contributed by atoms with E-state index < -0.39 is 17.9 Å². The topological polar surface area (TPSA) is 98.7 Å². The Morgan fingerprint density at radius 2 is 1.77 bits per heavy atom. The van der Waals surface area contributed by atoms with Crippen molar-refractivity contribution in [1.82, 2.24) is 15.5 Å². The van der Waals surface area contributed by atoms with Crippen molar-refractivity contribution < 1.29 is 19.5 Å². The van der Waals surface area contributed by atoms with Crippen LogP contribution in [0.3, 0.4) is 0 Å². The van der Waals surface area contributed by atoms with Gasteiger partial charge < -0.3 is 20.6 Å². The number of unbranched alkanes of at least 4 members (excludes halogenated alkanes) is 4. The number of likely N-dealkylation sites (tertiary alicyclic amines) is 1. The third kappa shape index (κ3) is 6.09. The molecule has 0 aromatic rings. The van der Waals surface area contributed by atoms with E-state index in [-0.39, 0.29) is 36.2 Å². The van der Waals surface area contributed by atoms with E-state index in [2.05, 4.69) is 30.6 Å². The lowest BCUT2D eigenvalue weighted by Gasteiger charge is -2.34. The number of carbonyl (C=O) groups excluding carboxylic acids is 3. The van der Waals surface area contributed by atoms with Gasteiger partial charge in [-0.15, -0.1) is 0 Å². The van der Waals surface area contributed by atoms with Crippen LogP contribution in [0.15, 0.2) is 12.2 Å². The fourth-order valence-corrected chi connectivity index (χ4v) is 5.11. The van der Waals surface area contributed by atoms with Gasteiger partial charge in [-0.3, -0.25) is 14.4 Å². The summed E-state index contributed by atoms with van der Waals surface area (Å²) in [5, 5.41) is 14.8. The van der Waals surface area contributed by atoms with E-state index in [0.29, 0.717) is 13.1 Å². The average Bonchev–Trinajstić information content (AvgIpc) is 3.05. The van der Waals surface area contributed by atoms with E-state index in [1.807, 2.05) is 6.08 Å². The van der Waals surface area contributed by atoms with E-state index >= 15 is 0 Å². The van der Waals surface area contributed by atoms with Crippen LogP contribution in [-0.2, 0) is 14.4 Å².